The van der Waals surface area contributed by atoms with Gasteiger partial charge in [-0.2, -0.15) is 5.21 Å². The molecule has 0 fully saturated rings. The molecule has 0 radical (unpaired) electrons. The van der Waals surface area contributed by atoms with Crippen molar-refractivity contribution in [2.75, 3.05) is 0 Å². The van der Waals surface area contributed by atoms with E-state index < -0.39 is 0 Å². The fourth-order valence-electron chi connectivity index (χ4n) is 1.65. The predicted molar refractivity (Wildman–Crippen MR) is 70.6 cm³/mol. The van der Waals surface area contributed by atoms with Gasteiger partial charge in [-0.3, -0.25) is 0 Å². The van der Waals surface area contributed by atoms with Crippen LogP contribution in [0.4, 0.5) is 0 Å². The molecule has 0 unspecified atom stereocenters. The van der Waals surface area contributed by atoms with Gasteiger partial charge in [-0.15, -0.1) is 21.5 Å². The smallest absolute Gasteiger partial charge is 0.177 e. The van der Waals surface area contributed by atoms with Crippen molar-refractivity contribution in [2.24, 2.45) is 0 Å². The number of nitrogens with one attached hydrogen (secondary N) is 1. The molecule has 0 saturated heterocycles. The lowest BCUT2D eigenvalue weighted by molar-refractivity contribution is 0.881. The number of H-pyrrole nitrogens is 1. The van der Waals surface area contributed by atoms with Crippen molar-refractivity contribution in [3.63, 3.8) is 0 Å². The summed E-state index contributed by atoms with van der Waals surface area (Å²) in [5.74, 6) is 0.616. The van der Waals surface area contributed by atoms with E-state index in [9.17, 15) is 0 Å². The lowest BCUT2D eigenvalue weighted by Gasteiger charge is -2.01. The molecule has 3 rings (SSSR count). The third-order valence-electron chi connectivity index (χ3n) is 2.39. The van der Waals surface area contributed by atoms with Crippen molar-refractivity contribution < 1.29 is 0 Å². The standard InChI is InChI=1S/C11H7BrN4S/c12-10-9(7-4-2-1-3-5-7)8(6-17-10)11-13-15-16-14-11/h1-6H,(H,13,14,15,16). The SMILES string of the molecule is Brc1scc(-c2nn[nH]n2)c1-c1ccccc1. The van der Waals surface area contributed by atoms with Gasteiger partial charge in [0.2, 0.25) is 5.82 Å². The van der Waals surface area contributed by atoms with Gasteiger partial charge in [0.15, 0.2) is 0 Å². The number of benzene rings is 1. The van der Waals surface area contributed by atoms with Crippen molar-refractivity contribution in [1.82, 2.24) is 20.6 Å². The van der Waals surface area contributed by atoms with Crippen LogP contribution in [0.25, 0.3) is 22.5 Å². The summed E-state index contributed by atoms with van der Waals surface area (Å²) in [5, 5.41) is 16.1. The van der Waals surface area contributed by atoms with E-state index in [0.717, 1.165) is 20.5 Å². The molecule has 6 heteroatoms. The third kappa shape index (κ3) is 1.89. The fraction of sp³-hybridized carbons (Fsp3) is 0. The molecule has 1 aromatic carbocycles. The second kappa shape index (κ2) is 4.38. The van der Waals surface area contributed by atoms with Gasteiger partial charge in [-0.25, -0.2) is 0 Å². The Labute approximate surface area is 110 Å². The first-order chi connectivity index (χ1) is 8.36. The van der Waals surface area contributed by atoms with Crippen molar-refractivity contribution >= 4 is 27.3 Å². The summed E-state index contributed by atoms with van der Waals surface area (Å²) in [6.45, 7) is 0. The molecule has 84 valence electrons. The van der Waals surface area contributed by atoms with E-state index in [1.165, 1.54) is 0 Å². The summed E-state index contributed by atoms with van der Waals surface area (Å²) in [6.07, 6.45) is 0. The highest BCUT2D eigenvalue weighted by Crippen LogP contribution is 2.40. The number of rotatable bonds is 2. The Morgan fingerprint density at radius 2 is 2.00 bits per heavy atom. The summed E-state index contributed by atoms with van der Waals surface area (Å²) >= 11 is 5.19. The van der Waals surface area contributed by atoms with Gasteiger partial charge < -0.3 is 0 Å². The molecule has 0 spiro atoms. The lowest BCUT2D eigenvalue weighted by Crippen LogP contribution is -1.83. The van der Waals surface area contributed by atoms with E-state index in [1.54, 1.807) is 11.3 Å². The first-order valence-corrected chi connectivity index (χ1v) is 6.60. The number of thiophene rings is 1. The molecule has 0 aliphatic rings. The van der Waals surface area contributed by atoms with Crippen LogP contribution >= 0.6 is 27.3 Å². The number of halogens is 1. The Hall–Kier alpha value is -1.53. The van der Waals surface area contributed by atoms with Gasteiger partial charge in [0.25, 0.3) is 0 Å². The van der Waals surface area contributed by atoms with E-state index in [2.05, 4.69) is 48.7 Å². The van der Waals surface area contributed by atoms with Crippen LogP contribution in [-0.4, -0.2) is 20.6 Å². The molecule has 0 saturated carbocycles. The molecule has 17 heavy (non-hydrogen) atoms. The van der Waals surface area contributed by atoms with Gasteiger partial charge >= 0.3 is 0 Å². The maximum absolute atomic E-state index is 4.02. The average molecular weight is 307 g/mol. The van der Waals surface area contributed by atoms with E-state index in [-0.39, 0.29) is 0 Å². The molecule has 2 aromatic heterocycles. The predicted octanol–water partition coefficient (Wildman–Crippen LogP) is 3.36. The third-order valence-corrected chi connectivity index (χ3v) is 4.12. The Kier molecular flexibility index (Phi) is 2.74. The number of hydrogen-bond donors (Lipinski definition) is 1. The number of nitrogens with zero attached hydrogens (tertiary/aromatic N) is 3. The van der Waals surface area contributed by atoms with E-state index in [4.69, 9.17) is 0 Å². The van der Waals surface area contributed by atoms with Crippen LogP contribution in [0.1, 0.15) is 0 Å². The molecular weight excluding hydrogens is 300 g/mol. The molecule has 4 nitrogen and oxygen atoms in total. The quantitative estimate of drug-likeness (QED) is 0.790. The van der Waals surface area contributed by atoms with Crippen LogP contribution in [0.5, 0.6) is 0 Å². The Bertz CT molecular complexity index is 618. The van der Waals surface area contributed by atoms with Gasteiger partial charge in [0.1, 0.15) is 0 Å². The number of hydrogen-bond acceptors (Lipinski definition) is 4. The number of tetrazole rings is 1. The maximum Gasteiger partial charge on any atom is 0.206 e. The van der Waals surface area contributed by atoms with Crippen molar-refractivity contribution in [2.45, 2.75) is 0 Å². The van der Waals surface area contributed by atoms with Crippen molar-refractivity contribution in [1.29, 1.82) is 0 Å². The summed E-state index contributed by atoms with van der Waals surface area (Å²) in [6, 6.07) is 10.2. The second-order valence-corrected chi connectivity index (χ2v) is 5.60. The van der Waals surface area contributed by atoms with Crippen LogP contribution < -0.4 is 0 Å². The highest BCUT2D eigenvalue weighted by Gasteiger charge is 2.16. The molecule has 0 bridgehead atoms. The Morgan fingerprint density at radius 3 is 2.71 bits per heavy atom. The molecule has 1 N–H and O–H groups in total. The summed E-state index contributed by atoms with van der Waals surface area (Å²) in [7, 11) is 0. The number of aromatic amines is 1. The van der Waals surface area contributed by atoms with Crippen LogP contribution in [0.15, 0.2) is 39.5 Å². The molecule has 0 aliphatic heterocycles. The van der Waals surface area contributed by atoms with E-state index in [0.29, 0.717) is 5.82 Å². The zero-order chi connectivity index (χ0) is 11.7. The first kappa shape index (κ1) is 10.6. The molecular formula is C11H7BrN4S. The van der Waals surface area contributed by atoms with Crippen LogP contribution in [0.2, 0.25) is 0 Å². The van der Waals surface area contributed by atoms with Crippen LogP contribution in [0, 0.1) is 0 Å². The minimum absolute atomic E-state index is 0.616. The van der Waals surface area contributed by atoms with Crippen molar-refractivity contribution in [3.8, 4) is 22.5 Å². The van der Waals surface area contributed by atoms with Crippen LogP contribution in [-0.2, 0) is 0 Å². The van der Waals surface area contributed by atoms with Gasteiger partial charge in [0.05, 0.1) is 3.79 Å². The molecule has 2 heterocycles. The summed E-state index contributed by atoms with van der Waals surface area (Å²) in [5.41, 5.74) is 3.24. The summed E-state index contributed by atoms with van der Waals surface area (Å²) < 4.78 is 1.07. The highest BCUT2D eigenvalue weighted by atomic mass is 79.9. The zero-order valence-electron chi connectivity index (χ0n) is 8.59. The topological polar surface area (TPSA) is 54.5 Å². The minimum atomic E-state index is 0.616. The zero-order valence-corrected chi connectivity index (χ0v) is 11.0. The van der Waals surface area contributed by atoms with Gasteiger partial charge in [-0.1, -0.05) is 30.3 Å². The van der Waals surface area contributed by atoms with Crippen LogP contribution in [0.3, 0.4) is 0 Å². The second-order valence-electron chi connectivity index (χ2n) is 3.40. The molecule has 0 atom stereocenters. The number of aromatic nitrogens is 4. The molecule has 0 aliphatic carbocycles. The normalized spacial score (nSPS) is 10.6. The highest BCUT2D eigenvalue weighted by molar-refractivity contribution is 9.11. The Morgan fingerprint density at radius 1 is 1.18 bits per heavy atom. The van der Waals surface area contributed by atoms with E-state index in [1.807, 2.05) is 23.6 Å². The maximum atomic E-state index is 4.02. The first-order valence-electron chi connectivity index (χ1n) is 4.92. The minimum Gasteiger partial charge on any atom is -0.177 e. The Balaban J connectivity index is 2.20. The van der Waals surface area contributed by atoms with Crippen molar-refractivity contribution in [3.05, 3.63) is 39.5 Å². The monoisotopic (exact) mass is 306 g/mol. The molecule has 0 amide bonds. The summed E-state index contributed by atoms with van der Waals surface area (Å²) in [4.78, 5) is 0. The fourth-order valence-corrected chi connectivity index (χ4v) is 3.16. The molecule has 3 aromatic rings. The average Bonchev–Trinajstić information content (AvgIpc) is 2.98. The largest absolute Gasteiger partial charge is 0.206 e. The van der Waals surface area contributed by atoms with Gasteiger partial charge in [-0.05, 0) is 26.7 Å². The van der Waals surface area contributed by atoms with E-state index >= 15 is 0 Å². The lowest BCUT2D eigenvalue weighted by atomic mass is 10.0. The van der Waals surface area contributed by atoms with Gasteiger partial charge in [0, 0.05) is 16.5 Å².